The van der Waals surface area contributed by atoms with Gasteiger partial charge in [0.25, 0.3) is 5.89 Å². The number of hydrogen-bond donors (Lipinski definition) is 1. The summed E-state index contributed by atoms with van der Waals surface area (Å²) in [6.45, 7) is 2.05. The Labute approximate surface area is 133 Å². The van der Waals surface area contributed by atoms with Crippen LogP contribution in [-0.2, 0) is 6.42 Å². The van der Waals surface area contributed by atoms with E-state index in [9.17, 15) is 0 Å². The van der Waals surface area contributed by atoms with Crippen molar-refractivity contribution >= 4 is 12.4 Å². The number of halogens is 1. The van der Waals surface area contributed by atoms with Gasteiger partial charge in [-0.3, -0.25) is 4.98 Å². The molecule has 0 aliphatic carbocycles. The number of hydrogen-bond acceptors (Lipinski definition) is 7. The third-order valence-electron chi connectivity index (χ3n) is 3.10. The van der Waals surface area contributed by atoms with E-state index >= 15 is 0 Å². The lowest BCUT2D eigenvalue weighted by molar-refractivity contribution is 0.381. The van der Waals surface area contributed by atoms with Crippen molar-refractivity contribution in [1.29, 1.82) is 0 Å². The van der Waals surface area contributed by atoms with Crippen LogP contribution in [0.2, 0.25) is 0 Å². The van der Waals surface area contributed by atoms with Gasteiger partial charge in [-0.25, -0.2) is 0 Å². The quantitative estimate of drug-likeness (QED) is 0.771. The summed E-state index contributed by atoms with van der Waals surface area (Å²) >= 11 is 0. The van der Waals surface area contributed by atoms with Crippen molar-refractivity contribution < 1.29 is 9.05 Å². The molecule has 3 aromatic rings. The van der Waals surface area contributed by atoms with E-state index in [1.165, 1.54) is 0 Å². The topological polar surface area (TPSA) is 89.9 Å². The molecule has 0 aliphatic heterocycles. The van der Waals surface area contributed by atoms with Crippen molar-refractivity contribution in [3.8, 4) is 23.0 Å². The Morgan fingerprint density at radius 3 is 2.77 bits per heavy atom. The van der Waals surface area contributed by atoms with E-state index in [0.29, 0.717) is 29.6 Å². The van der Waals surface area contributed by atoms with Gasteiger partial charge in [0.1, 0.15) is 5.69 Å². The molecular weight excluding hydrogens is 306 g/mol. The van der Waals surface area contributed by atoms with Crippen LogP contribution in [0.3, 0.4) is 0 Å². The number of pyridine rings is 1. The normalized spacial score (nSPS) is 11.9. The lowest BCUT2D eigenvalue weighted by Gasteiger charge is -2.04. The van der Waals surface area contributed by atoms with Crippen LogP contribution in [0.5, 0.6) is 0 Å². The maximum atomic E-state index is 5.25. The summed E-state index contributed by atoms with van der Waals surface area (Å²) in [6, 6.07) is 7.60. The van der Waals surface area contributed by atoms with Crippen LogP contribution in [0.15, 0.2) is 39.5 Å². The zero-order valence-electron chi connectivity index (χ0n) is 12.2. The molecule has 0 aromatic carbocycles. The van der Waals surface area contributed by atoms with Crippen LogP contribution >= 0.6 is 12.4 Å². The minimum Gasteiger partial charge on any atom is -0.350 e. The van der Waals surface area contributed by atoms with Gasteiger partial charge in [-0.2, -0.15) is 4.98 Å². The maximum absolute atomic E-state index is 5.25. The molecule has 7 nitrogen and oxygen atoms in total. The molecule has 0 aliphatic rings. The Balaban J connectivity index is 0.00000176. The van der Waals surface area contributed by atoms with Gasteiger partial charge >= 0.3 is 0 Å². The van der Waals surface area contributed by atoms with Crippen molar-refractivity contribution in [3.05, 3.63) is 36.3 Å². The zero-order valence-corrected chi connectivity index (χ0v) is 13.0. The molecule has 1 atom stereocenters. The zero-order chi connectivity index (χ0) is 14.7. The molecule has 0 spiro atoms. The molecule has 0 fully saturated rings. The van der Waals surface area contributed by atoms with Crippen LogP contribution in [-0.4, -0.2) is 33.4 Å². The fourth-order valence-corrected chi connectivity index (χ4v) is 1.82. The Bertz CT molecular complexity index is 713. The second kappa shape index (κ2) is 7.15. The SMILES string of the molecule is CNC(C)Cc1noc(-c2cc(-c3ccccn3)no2)n1.Cl. The Morgan fingerprint density at radius 2 is 2.05 bits per heavy atom. The van der Waals surface area contributed by atoms with Gasteiger partial charge in [-0.05, 0) is 26.1 Å². The van der Waals surface area contributed by atoms with Gasteiger partial charge in [-0.15, -0.1) is 12.4 Å². The first-order valence-electron chi connectivity index (χ1n) is 6.64. The molecule has 3 rings (SSSR count). The molecule has 0 saturated carbocycles. The fraction of sp³-hybridized carbons (Fsp3) is 0.286. The van der Waals surface area contributed by atoms with E-state index < -0.39 is 0 Å². The van der Waals surface area contributed by atoms with Crippen molar-refractivity contribution in [2.45, 2.75) is 19.4 Å². The highest BCUT2D eigenvalue weighted by molar-refractivity contribution is 5.85. The first kappa shape index (κ1) is 16.1. The van der Waals surface area contributed by atoms with Gasteiger partial charge in [0.05, 0.1) is 5.69 Å². The smallest absolute Gasteiger partial charge is 0.296 e. The number of likely N-dealkylation sites (N-methyl/N-ethyl adjacent to an activating group) is 1. The second-order valence-electron chi connectivity index (χ2n) is 4.70. The summed E-state index contributed by atoms with van der Waals surface area (Å²) in [4.78, 5) is 8.52. The molecule has 22 heavy (non-hydrogen) atoms. The first-order chi connectivity index (χ1) is 10.3. The van der Waals surface area contributed by atoms with E-state index in [2.05, 4.69) is 25.6 Å². The Morgan fingerprint density at radius 1 is 1.18 bits per heavy atom. The number of nitrogens with one attached hydrogen (secondary N) is 1. The molecule has 116 valence electrons. The summed E-state index contributed by atoms with van der Waals surface area (Å²) < 4.78 is 10.5. The van der Waals surface area contributed by atoms with E-state index in [1.54, 1.807) is 12.3 Å². The fourth-order valence-electron chi connectivity index (χ4n) is 1.82. The summed E-state index contributed by atoms with van der Waals surface area (Å²) in [5.41, 5.74) is 1.37. The van der Waals surface area contributed by atoms with Gasteiger partial charge in [0.15, 0.2) is 5.82 Å². The molecule has 8 heteroatoms. The molecule has 3 aromatic heterocycles. The highest BCUT2D eigenvalue weighted by Gasteiger charge is 2.16. The third kappa shape index (κ3) is 3.49. The van der Waals surface area contributed by atoms with Crippen LogP contribution < -0.4 is 5.32 Å². The standard InChI is InChI=1S/C14H15N5O2.ClH/c1-9(15-2)7-13-17-14(21-19-13)12-8-11(18-20-12)10-5-3-4-6-16-10;/h3-6,8-9,15H,7H2,1-2H3;1H. The van der Waals surface area contributed by atoms with Gasteiger partial charge in [0.2, 0.25) is 5.76 Å². The predicted molar refractivity (Wildman–Crippen MR) is 82.5 cm³/mol. The first-order valence-corrected chi connectivity index (χ1v) is 6.64. The largest absolute Gasteiger partial charge is 0.350 e. The number of nitrogens with zero attached hydrogens (tertiary/aromatic N) is 4. The van der Waals surface area contributed by atoms with E-state index in [-0.39, 0.29) is 18.4 Å². The minimum atomic E-state index is 0. The van der Waals surface area contributed by atoms with Gasteiger partial charge in [-0.1, -0.05) is 16.4 Å². The molecule has 0 saturated heterocycles. The lowest BCUT2D eigenvalue weighted by Crippen LogP contribution is -2.24. The predicted octanol–water partition coefficient (Wildman–Crippen LogP) is 2.36. The molecule has 1 N–H and O–H groups in total. The molecular formula is C14H16ClN5O2. The van der Waals surface area contributed by atoms with Crippen LogP contribution in [0.25, 0.3) is 23.0 Å². The second-order valence-corrected chi connectivity index (χ2v) is 4.70. The van der Waals surface area contributed by atoms with E-state index in [1.807, 2.05) is 32.2 Å². The van der Waals surface area contributed by atoms with E-state index in [4.69, 9.17) is 9.05 Å². The summed E-state index contributed by atoms with van der Waals surface area (Å²) in [5, 5.41) is 11.0. The Hall–Kier alpha value is -2.25. The molecule has 3 heterocycles. The van der Waals surface area contributed by atoms with Crippen LogP contribution in [0.4, 0.5) is 0 Å². The van der Waals surface area contributed by atoms with Crippen molar-refractivity contribution in [2.24, 2.45) is 0 Å². The lowest BCUT2D eigenvalue weighted by atomic mass is 10.2. The summed E-state index contributed by atoms with van der Waals surface area (Å²) in [5.74, 6) is 1.39. The Kier molecular flexibility index (Phi) is 5.24. The van der Waals surface area contributed by atoms with Crippen molar-refractivity contribution in [2.75, 3.05) is 7.05 Å². The average Bonchev–Trinajstić information content (AvgIpc) is 3.17. The molecule has 0 bridgehead atoms. The average molecular weight is 322 g/mol. The van der Waals surface area contributed by atoms with Crippen LogP contribution in [0.1, 0.15) is 12.7 Å². The third-order valence-corrected chi connectivity index (χ3v) is 3.10. The molecule has 0 amide bonds. The van der Waals surface area contributed by atoms with E-state index in [0.717, 1.165) is 5.69 Å². The number of aromatic nitrogens is 4. The minimum absolute atomic E-state index is 0. The molecule has 0 radical (unpaired) electrons. The summed E-state index contributed by atoms with van der Waals surface area (Å²) in [7, 11) is 1.89. The van der Waals surface area contributed by atoms with Crippen molar-refractivity contribution in [3.63, 3.8) is 0 Å². The highest BCUT2D eigenvalue weighted by atomic mass is 35.5. The maximum Gasteiger partial charge on any atom is 0.296 e. The molecule has 1 unspecified atom stereocenters. The van der Waals surface area contributed by atoms with Gasteiger partial charge < -0.3 is 14.4 Å². The van der Waals surface area contributed by atoms with Crippen LogP contribution in [0, 0.1) is 0 Å². The van der Waals surface area contributed by atoms with Gasteiger partial charge in [0, 0.05) is 24.7 Å². The summed E-state index contributed by atoms with van der Waals surface area (Å²) in [6.07, 6.45) is 2.38. The highest BCUT2D eigenvalue weighted by Crippen LogP contribution is 2.23. The monoisotopic (exact) mass is 321 g/mol. The van der Waals surface area contributed by atoms with Crippen molar-refractivity contribution in [1.82, 2.24) is 25.6 Å². The number of rotatable bonds is 5.